The number of benzene rings is 2. The van der Waals surface area contributed by atoms with Crippen LogP contribution >= 0.6 is 0 Å². The van der Waals surface area contributed by atoms with E-state index in [4.69, 9.17) is 0 Å². The maximum Gasteiger partial charge on any atom is 0.289 e. The summed E-state index contributed by atoms with van der Waals surface area (Å²) < 4.78 is 27.4. The molecular weight excluding hydrogens is 342 g/mol. The van der Waals surface area contributed by atoms with Crippen LogP contribution in [0.4, 0.5) is 17.1 Å². The second kappa shape index (κ2) is 7.10. The Hall–Kier alpha value is -2.61. The zero-order valence-electron chi connectivity index (χ0n) is 13.6. The van der Waals surface area contributed by atoms with E-state index < -0.39 is 20.6 Å². The molecule has 0 saturated carbocycles. The van der Waals surface area contributed by atoms with Crippen LogP contribution in [0.25, 0.3) is 0 Å². The Morgan fingerprint density at radius 1 is 0.960 bits per heavy atom. The first-order chi connectivity index (χ1) is 12.0. The van der Waals surface area contributed by atoms with E-state index in [1.54, 1.807) is 12.1 Å². The first-order valence-corrected chi connectivity index (χ1v) is 9.57. The standard InChI is InChI=1S/C17H19N3O4S/c21-20(22)16-6-2-3-7-17(16)25(23,24)18-14-8-10-15(11-9-14)19-12-4-1-5-13-19/h2-3,6-11,18H,1,4-5,12-13H2. The minimum absolute atomic E-state index is 0.347. The number of piperidine rings is 1. The van der Waals surface area contributed by atoms with Gasteiger partial charge in [0.15, 0.2) is 4.90 Å². The summed E-state index contributed by atoms with van der Waals surface area (Å²) in [4.78, 5) is 12.3. The van der Waals surface area contributed by atoms with E-state index in [1.165, 1.54) is 30.7 Å². The minimum atomic E-state index is -4.03. The van der Waals surface area contributed by atoms with Crippen molar-refractivity contribution < 1.29 is 13.3 Å². The number of nitro benzene ring substituents is 1. The minimum Gasteiger partial charge on any atom is -0.372 e. The molecule has 0 radical (unpaired) electrons. The zero-order chi connectivity index (χ0) is 17.9. The van der Waals surface area contributed by atoms with Crippen LogP contribution in [0.1, 0.15) is 19.3 Å². The molecule has 1 saturated heterocycles. The van der Waals surface area contributed by atoms with Gasteiger partial charge in [0, 0.05) is 30.5 Å². The van der Waals surface area contributed by atoms with E-state index in [0.29, 0.717) is 5.69 Å². The van der Waals surface area contributed by atoms with Gasteiger partial charge in [-0.25, -0.2) is 8.42 Å². The van der Waals surface area contributed by atoms with Gasteiger partial charge < -0.3 is 4.90 Å². The fourth-order valence-electron chi connectivity index (χ4n) is 2.94. The third kappa shape index (κ3) is 3.90. The SMILES string of the molecule is O=[N+]([O-])c1ccccc1S(=O)(=O)Nc1ccc(N2CCCCC2)cc1. The molecule has 8 heteroatoms. The van der Waals surface area contributed by atoms with Gasteiger partial charge in [-0.1, -0.05) is 12.1 Å². The Kier molecular flexibility index (Phi) is 4.89. The van der Waals surface area contributed by atoms with Crippen molar-refractivity contribution >= 4 is 27.1 Å². The molecule has 0 spiro atoms. The molecule has 1 aliphatic heterocycles. The lowest BCUT2D eigenvalue weighted by Gasteiger charge is -2.28. The van der Waals surface area contributed by atoms with Crippen molar-refractivity contribution in [2.24, 2.45) is 0 Å². The van der Waals surface area contributed by atoms with Crippen molar-refractivity contribution in [2.45, 2.75) is 24.2 Å². The summed E-state index contributed by atoms with van der Waals surface area (Å²) in [5.41, 5.74) is 0.979. The smallest absolute Gasteiger partial charge is 0.289 e. The molecule has 1 aliphatic rings. The summed E-state index contributed by atoms with van der Waals surface area (Å²) >= 11 is 0. The molecule has 2 aromatic carbocycles. The molecular formula is C17H19N3O4S. The topological polar surface area (TPSA) is 92.5 Å². The first kappa shape index (κ1) is 17.2. The second-order valence-electron chi connectivity index (χ2n) is 5.92. The normalized spacial score (nSPS) is 15.0. The van der Waals surface area contributed by atoms with Crippen LogP contribution in [0.15, 0.2) is 53.4 Å². The lowest BCUT2D eigenvalue weighted by atomic mass is 10.1. The highest BCUT2D eigenvalue weighted by molar-refractivity contribution is 7.92. The van der Waals surface area contributed by atoms with Gasteiger partial charge in [0.1, 0.15) is 0 Å². The van der Waals surface area contributed by atoms with Crippen molar-refractivity contribution in [1.82, 2.24) is 0 Å². The molecule has 1 N–H and O–H groups in total. The predicted octanol–water partition coefficient (Wildman–Crippen LogP) is 3.39. The Morgan fingerprint density at radius 2 is 1.60 bits per heavy atom. The summed E-state index contributed by atoms with van der Waals surface area (Å²) in [6.45, 7) is 2.00. The number of hydrogen-bond donors (Lipinski definition) is 1. The van der Waals surface area contributed by atoms with Gasteiger partial charge in [0.2, 0.25) is 0 Å². The van der Waals surface area contributed by atoms with Gasteiger partial charge in [0.25, 0.3) is 15.7 Å². The molecule has 0 unspecified atom stereocenters. The number of nitrogens with one attached hydrogen (secondary N) is 1. The highest BCUT2D eigenvalue weighted by Crippen LogP contribution is 2.27. The average molecular weight is 361 g/mol. The summed E-state index contributed by atoms with van der Waals surface area (Å²) in [5, 5.41) is 11.0. The van der Waals surface area contributed by atoms with Crippen molar-refractivity contribution in [1.29, 1.82) is 0 Å². The highest BCUT2D eigenvalue weighted by Gasteiger charge is 2.25. The second-order valence-corrected chi connectivity index (χ2v) is 7.58. The predicted molar refractivity (Wildman–Crippen MR) is 96.4 cm³/mol. The Labute approximate surface area is 146 Å². The molecule has 7 nitrogen and oxygen atoms in total. The van der Waals surface area contributed by atoms with Crippen molar-refractivity contribution in [3.63, 3.8) is 0 Å². The van der Waals surface area contributed by atoms with E-state index in [9.17, 15) is 18.5 Å². The van der Waals surface area contributed by atoms with Gasteiger partial charge in [-0.2, -0.15) is 0 Å². The quantitative estimate of drug-likeness (QED) is 0.651. The monoisotopic (exact) mass is 361 g/mol. The van der Waals surface area contributed by atoms with E-state index >= 15 is 0 Å². The Bertz CT molecular complexity index is 860. The largest absolute Gasteiger partial charge is 0.372 e. The molecule has 3 rings (SSSR count). The number of nitro groups is 1. The van der Waals surface area contributed by atoms with E-state index in [2.05, 4.69) is 9.62 Å². The molecule has 132 valence electrons. The van der Waals surface area contributed by atoms with Gasteiger partial charge in [-0.3, -0.25) is 14.8 Å². The van der Waals surface area contributed by atoms with Gasteiger partial charge >= 0.3 is 0 Å². The summed E-state index contributed by atoms with van der Waals surface area (Å²) in [7, 11) is -4.03. The fraction of sp³-hybridized carbons (Fsp3) is 0.294. The number of para-hydroxylation sites is 1. The third-order valence-electron chi connectivity index (χ3n) is 4.19. The van der Waals surface area contributed by atoms with Gasteiger partial charge in [-0.15, -0.1) is 0 Å². The Balaban J connectivity index is 1.80. The molecule has 0 aliphatic carbocycles. The molecule has 0 aromatic heterocycles. The summed E-state index contributed by atoms with van der Waals surface area (Å²) in [5.74, 6) is 0. The maximum atomic E-state index is 12.5. The van der Waals surface area contributed by atoms with Crippen LogP contribution in [0.2, 0.25) is 0 Å². The highest BCUT2D eigenvalue weighted by atomic mass is 32.2. The van der Waals surface area contributed by atoms with Crippen LogP contribution < -0.4 is 9.62 Å². The number of hydrogen-bond acceptors (Lipinski definition) is 5. The van der Waals surface area contributed by atoms with Crippen molar-refractivity contribution in [3.05, 3.63) is 58.6 Å². The van der Waals surface area contributed by atoms with Gasteiger partial charge in [0.05, 0.1) is 4.92 Å². The van der Waals surface area contributed by atoms with Crippen LogP contribution in [-0.4, -0.2) is 26.4 Å². The summed E-state index contributed by atoms with van der Waals surface area (Å²) in [6, 6.07) is 12.4. The number of sulfonamides is 1. The lowest BCUT2D eigenvalue weighted by Crippen LogP contribution is -2.29. The van der Waals surface area contributed by atoms with Crippen molar-refractivity contribution in [2.75, 3.05) is 22.7 Å². The first-order valence-electron chi connectivity index (χ1n) is 8.09. The summed E-state index contributed by atoms with van der Waals surface area (Å²) in [6.07, 6.45) is 3.56. The lowest BCUT2D eigenvalue weighted by molar-refractivity contribution is -0.387. The molecule has 1 fully saturated rings. The molecule has 1 heterocycles. The van der Waals surface area contributed by atoms with E-state index in [1.807, 2.05) is 12.1 Å². The van der Waals surface area contributed by atoms with E-state index in [-0.39, 0.29) is 4.90 Å². The number of anilines is 2. The molecule has 0 atom stereocenters. The average Bonchev–Trinajstić information content (AvgIpc) is 2.63. The molecule has 0 amide bonds. The number of rotatable bonds is 5. The van der Waals surface area contributed by atoms with Crippen LogP contribution in [-0.2, 0) is 10.0 Å². The molecule has 0 bridgehead atoms. The molecule has 2 aromatic rings. The van der Waals surface area contributed by atoms with Crippen LogP contribution in [0.3, 0.4) is 0 Å². The molecule has 25 heavy (non-hydrogen) atoms. The van der Waals surface area contributed by atoms with Crippen LogP contribution in [0.5, 0.6) is 0 Å². The Morgan fingerprint density at radius 3 is 2.24 bits per heavy atom. The van der Waals surface area contributed by atoms with E-state index in [0.717, 1.165) is 31.6 Å². The van der Waals surface area contributed by atoms with Crippen LogP contribution in [0, 0.1) is 10.1 Å². The van der Waals surface area contributed by atoms with Crippen molar-refractivity contribution in [3.8, 4) is 0 Å². The van der Waals surface area contributed by atoms with Gasteiger partial charge in [-0.05, 0) is 49.6 Å². The zero-order valence-corrected chi connectivity index (χ0v) is 14.4. The number of nitrogens with zero attached hydrogens (tertiary/aromatic N) is 2. The third-order valence-corrected chi connectivity index (χ3v) is 5.62. The maximum absolute atomic E-state index is 12.5. The fourth-order valence-corrected chi connectivity index (χ4v) is 4.17.